The van der Waals surface area contributed by atoms with Gasteiger partial charge in [0.05, 0.1) is 5.71 Å². The molecule has 0 saturated heterocycles. The van der Waals surface area contributed by atoms with E-state index in [2.05, 4.69) is 41.5 Å². The second-order valence-electron chi connectivity index (χ2n) is 7.27. The molecule has 0 radical (unpaired) electrons. The summed E-state index contributed by atoms with van der Waals surface area (Å²) >= 11 is 0. The molecule has 0 aliphatic rings. The van der Waals surface area contributed by atoms with Crippen LogP contribution < -0.4 is 0 Å². The van der Waals surface area contributed by atoms with Gasteiger partial charge in [-0.3, -0.25) is 4.79 Å². The van der Waals surface area contributed by atoms with Crippen molar-refractivity contribution >= 4 is 11.5 Å². The van der Waals surface area contributed by atoms with Crippen molar-refractivity contribution in [2.75, 3.05) is 0 Å². The number of carbonyl (C=O) groups excluding carboxylic acids is 1. The number of ketones is 1. The van der Waals surface area contributed by atoms with Crippen LogP contribution in [-0.4, -0.2) is 11.5 Å². The highest BCUT2D eigenvalue weighted by molar-refractivity contribution is 6.39. The maximum atomic E-state index is 12.3. The van der Waals surface area contributed by atoms with Crippen molar-refractivity contribution in [2.24, 2.45) is 16.2 Å². The molecule has 16 heavy (non-hydrogen) atoms. The molecule has 1 atom stereocenters. The molecule has 0 aromatic heterocycles. The van der Waals surface area contributed by atoms with Gasteiger partial charge in [0.2, 0.25) is 0 Å². The molecule has 0 aromatic rings. The molecule has 0 aromatic carbocycles. The highest BCUT2D eigenvalue weighted by Gasteiger charge is 2.46. The van der Waals surface area contributed by atoms with Gasteiger partial charge in [0.25, 0.3) is 0 Å². The Hall–Kier alpha value is -0.660. The summed E-state index contributed by atoms with van der Waals surface area (Å²) in [7, 11) is 0. The summed E-state index contributed by atoms with van der Waals surface area (Å²) in [5.41, 5.74) is -0.328. The average molecular weight is 225 g/mol. The lowest BCUT2D eigenvalue weighted by Crippen LogP contribution is -2.45. The largest absolute Gasteiger partial charge is 0.302 e. The van der Waals surface area contributed by atoms with Gasteiger partial charge in [-0.1, -0.05) is 48.5 Å². The molecule has 0 amide bonds. The average Bonchev–Trinajstić information content (AvgIpc) is 1.97. The second kappa shape index (κ2) is 4.31. The Balaban J connectivity index is 5.39. The molecule has 0 aliphatic carbocycles. The van der Waals surface area contributed by atoms with Gasteiger partial charge in [0, 0.05) is 5.41 Å². The normalized spacial score (nSPS) is 16.8. The number of carbonyl (C=O) groups is 1. The molecule has 0 spiro atoms. The lowest BCUT2D eigenvalue weighted by Gasteiger charge is -2.44. The van der Waals surface area contributed by atoms with Gasteiger partial charge < -0.3 is 5.41 Å². The van der Waals surface area contributed by atoms with Crippen molar-refractivity contribution < 1.29 is 4.79 Å². The summed E-state index contributed by atoms with van der Waals surface area (Å²) in [5, 5.41) is 7.59. The first kappa shape index (κ1) is 15.3. The van der Waals surface area contributed by atoms with E-state index in [0.29, 0.717) is 0 Å². The van der Waals surface area contributed by atoms with Crippen LogP contribution in [0, 0.1) is 21.7 Å². The lowest BCUT2D eigenvalue weighted by atomic mass is 9.58. The number of hydrogen-bond donors (Lipinski definition) is 1. The van der Waals surface area contributed by atoms with E-state index in [0.717, 1.165) is 6.42 Å². The van der Waals surface area contributed by atoms with Gasteiger partial charge in [-0.05, 0) is 24.2 Å². The first-order chi connectivity index (χ1) is 6.81. The molecule has 1 N–H and O–H groups in total. The fourth-order valence-electron chi connectivity index (χ4n) is 2.16. The Kier molecular flexibility index (Phi) is 4.13. The standard InChI is InChI=1S/C14H27NO/c1-10(15)11(16)14(8,13(5,6)7)9-12(2,3)4/h15H,9H2,1-8H3. The third kappa shape index (κ3) is 3.43. The smallest absolute Gasteiger partial charge is 0.182 e. The predicted molar refractivity (Wildman–Crippen MR) is 70.0 cm³/mol. The van der Waals surface area contributed by atoms with Crippen molar-refractivity contribution in [2.45, 2.75) is 61.8 Å². The summed E-state index contributed by atoms with van der Waals surface area (Å²) in [6.45, 7) is 16.3. The predicted octanol–water partition coefficient (Wildman–Crippen LogP) is 4.08. The van der Waals surface area contributed by atoms with Crippen LogP contribution >= 0.6 is 0 Å². The Bertz CT molecular complexity index is 291. The third-order valence-electron chi connectivity index (χ3n) is 3.38. The van der Waals surface area contributed by atoms with Crippen LogP contribution in [0.4, 0.5) is 0 Å². The zero-order chi connectivity index (χ0) is 13.4. The molecule has 2 nitrogen and oxygen atoms in total. The fourth-order valence-corrected chi connectivity index (χ4v) is 2.16. The summed E-state index contributed by atoms with van der Waals surface area (Å²) < 4.78 is 0. The maximum absolute atomic E-state index is 12.3. The highest BCUT2D eigenvalue weighted by atomic mass is 16.1. The van der Waals surface area contributed by atoms with Crippen LogP contribution in [0.25, 0.3) is 0 Å². The molecular weight excluding hydrogens is 198 g/mol. The van der Waals surface area contributed by atoms with Crippen molar-refractivity contribution in [1.29, 1.82) is 5.41 Å². The Morgan fingerprint density at radius 2 is 1.38 bits per heavy atom. The summed E-state index contributed by atoms with van der Waals surface area (Å²) in [6, 6.07) is 0. The van der Waals surface area contributed by atoms with E-state index >= 15 is 0 Å². The molecule has 0 saturated carbocycles. The van der Waals surface area contributed by atoms with Crippen LogP contribution in [0.15, 0.2) is 0 Å². The Labute approximate surface area is 100 Å². The van der Waals surface area contributed by atoms with Crippen molar-refractivity contribution in [3.8, 4) is 0 Å². The molecular formula is C14H27NO. The minimum Gasteiger partial charge on any atom is -0.302 e. The van der Waals surface area contributed by atoms with E-state index in [1.807, 2.05) is 6.92 Å². The number of nitrogens with one attached hydrogen (secondary N) is 1. The third-order valence-corrected chi connectivity index (χ3v) is 3.38. The first-order valence-corrected chi connectivity index (χ1v) is 5.91. The van der Waals surface area contributed by atoms with Gasteiger partial charge >= 0.3 is 0 Å². The molecule has 94 valence electrons. The zero-order valence-electron chi connectivity index (χ0n) is 12.1. The van der Waals surface area contributed by atoms with Gasteiger partial charge in [0.15, 0.2) is 5.78 Å². The van der Waals surface area contributed by atoms with Gasteiger partial charge in [-0.2, -0.15) is 0 Å². The molecule has 1 unspecified atom stereocenters. The summed E-state index contributed by atoms with van der Waals surface area (Å²) in [5.74, 6) is -0.0186. The fraction of sp³-hybridized carbons (Fsp3) is 0.857. The van der Waals surface area contributed by atoms with Crippen molar-refractivity contribution in [3.05, 3.63) is 0 Å². The van der Waals surface area contributed by atoms with Gasteiger partial charge in [-0.25, -0.2) is 0 Å². The maximum Gasteiger partial charge on any atom is 0.182 e. The van der Waals surface area contributed by atoms with E-state index in [9.17, 15) is 4.79 Å². The second-order valence-corrected chi connectivity index (χ2v) is 7.27. The summed E-state index contributed by atoms with van der Waals surface area (Å²) in [4.78, 5) is 12.3. The first-order valence-electron chi connectivity index (χ1n) is 5.91. The van der Waals surface area contributed by atoms with E-state index in [4.69, 9.17) is 5.41 Å². The molecule has 0 heterocycles. The Morgan fingerprint density at radius 3 is 1.56 bits per heavy atom. The number of Topliss-reactive ketones (excluding diaryl/α,β-unsaturated/α-hetero) is 1. The Morgan fingerprint density at radius 1 is 1.00 bits per heavy atom. The van der Waals surface area contributed by atoms with Gasteiger partial charge in [0.1, 0.15) is 0 Å². The van der Waals surface area contributed by atoms with E-state index < -0.39 is 5.41 Å². The van der Waals surface area contributed by atoms with Crippen molar-refractivity contribution in [1.82, 2.24) is 0 Å². The van der Waals surface area contributed by atoms with E-state index in [1.165, 1.54) is 0 Å². The highest BCUT2D eigenvalue weighted by Crippen LogP contribution is 2.47. The lowest BCUT2D eigenvalue weighted by molar-refractivity contribution is -0.129. The quantitative estimate of drug-likeness (QED) is 0.722. The molecule has 0 fully saturated rings. The van der Waals surface area contributed by atoms with E-state index in [-0.39, 0.29) is 22.3 Å². The molecule has 0 bridgehead atoms. The van der Waals surface area contributed by atoms with Crippen molar-refractivity contribution in [3.63, 3.8) is 0 Å². The topological polar surface area (TPSA) is 40.9 Å². The molecule has 0 aliphatic heterocycles. The molecule has 0 rings (SSSR count). The summed E-state index contributed by atoms with van der Waals surface area (Å²) in [6.07, 6.45) is 0.804. The number of rotatable bonds is 3. The van der Waals surface area contributed by atoms with Crippen LogP contribution in [-0.2, 0) is 4.79 Å². The zero-order valence-corrected chi connectivity index (χ0v) is 12.1. The minimum atomic E-state index is -0.461. The van der Waals surface area contributed by atoms with E-state index in [1.54, 1.807) is 6.92 Å². The minimum absolute atomic E-state index is 0.0186. The SMILES string of the molecule is CC(=N)C(=O)C(C)(CC(C)(C)C)C(C)(C)C. The van der Waals surface area contributed by atoms with Gasteiger partial charge in [-0.15, -0.1) is 0 Å². The monoisotopic (exact) mass is 225 g/mol. The van der Waals surface area contributed by atoms with Crippen LogP contribution in [0.5, 0.6) is 0 Å². The number of hydrogen-bond acceptors (Lipinski definition) is 2. The van der Waals surface area contributed by atoms with Crippen LogP contribution in [0.2, 0.25) is 0 Å². The molecule has 2 heteroatoms. The van der Waals surface area contributed by atoms with Crippen LogP contribution in [0.1, 0.15) is 61.8 Å². The van der Waals surface area contributed by atoms with Crippen LogP contribution in [0.3, 0.4) is 0 Å².